The van der Waals surface area contributed by atoms with Crippen molar-refractivity contribution in [2.75, 3.05) is 10.6 Å². The smallest absolute Gasteiger partial charge is 0.336 e. The number of carbonyl (C=O) groups is 3. The first-order valence-corrected chi connectivity index (χ1v) is 10.5. The quantitative estimate of drug-likeness (QED) is 0.452. The van der Waals surface area contributed by atoms with Gasteiger partial charge >= 0.3 is 5.97 Å². The van der Waals surface area contributed by atoms with Gasteiger partial charge in [-0.15, -0.1) is 11.8 Å². The van der Waals surface area contributed by atoms with E-state index in [4.69, 9.17) is 0 Å². The number of hydrogen-bond donors (Lipinski definition) is 3. The maximum absolute atomic E-state index is 12.6. The van der Waals surface area contributed by atoms with Gasteiger partial charge in [-0.05, 0) is 55.8 Å². The molecular formula is C24H22N2O4S. The van der Waals surface area contributed by atoms with E-state index >= 15 is 0 Å². The van der Waals surface area contributed by atoms with Gasteiger partial charge in [0, 0.05) is 16.3 Å². The second-order valence-corrected chi connectivity index (χ2v) is 8.31. The van der Waals surface area contributed by atoms with E-state index in [1.807, 2.05) is 44.2 Å². The van der Waals surface area contributed by atoms with Gasteiger partial charge in [-0.25, -0.2) is 4.79 Å². The molecule has 0 saturated heterocycles. The highest BCUT2D eigenvalue weighted by Crippen LogP contribution is 2.27. The van der Waals surface area contributed by atoms with Crippen molar-refractivity contribution < 1.29 is 19.5 Å². The molecule has 0 fully saturated rings. The van der Waals surface area contributed by atoms with Crippen LogP contribution in [-0.2, 0) is 4.79 Å². The molecule has 0 heterocycles. The van der Waals surface area contributed by atoms with Crippen molar-refractivity contribution in [2.24, 2.45) is 0 Å². The summed E-state index contributed by atoms with van der Waals surface area (Å²) in [6.45, 7) is 3.74. The van der Waals surface area contributed by atoms with Crippen LogP contribution >= 0.6 is 11.8 Å². The Morgan fingerprint density at radius 3 is 2.26 bits per heavy atom. The van der Waals surface area contributed by atoms with Crippen molar-refractivity contribution in [3.05, 3.63) is 89.5 Å². The largest absolute Gasteiger partial charge is 0.478 e. The van der Waals surface area contributed by atoms with Crippen LogP contribution in [0.25, 0.3) is 0 Å². The van der Waals surface area contributed by atoms with Crippen molar-refractivity contribution in [1.29, 1.82) is 0 Å². The van der Waals surface area contributed by atoms with Crippen LogP contribution in [0.2, 0.25) is 0 Å². The highest BCUT2D eigenvalue weighted by Gasteiger charge is 2.18. The van der Waals surface area contributed by atoms with E-state index in [0.717, 1.165) is 16.1 Å². The first kappa shape index (κ1) is 22.1. The zero-order valence-electron chi connectivity index (χ0n) is 17.1. The predicted molar refractivity (Wildman–Crippen MR) is 123 cm³/mol. The Labute approximate surface area is 184 Å². The minimum absolute atomic E-state index is 0.0629. The van der Waals surface area contributed by atoms with Crippen LogP contribution in [0.3, 0.4) is 0 Å². The zero-order valence-corrected chi connectivity index (χ0v) is 17.9. The third-order valence-electron chi connectivity index (χ3n) is 4.58. The molecule has 0 bridgehead atoms. The van der Waals surface area contributed by atoms with Crippen molar-refractivity contribution in [2.45, 2.75) is 24.0 Å². The van der Waals surface area contributed by atoms with E-state index in [0.29, 0.717) is 5.69 Å². The van der Waals surface area contributed by atoms with Crippen LogP contribution in [0.5, 0.6) is 0 Å². The van der Waals surface area contributed by atoms with Crippen molar-refractivity contribution in [3.8, 4) is 0 Å². The third kappa shape index (κ3) is 5.73. The Morgan fingerprint density at radius 2 is 1.55 bits per heavy atom. The van der Waals surface area contributed by atoms with Crippen molar-refractivity contribution >= 4 is 40.9 Å². The van der Waals surface area contributed by atoms with Crippen LogP contribution in [0, 0.1) is 6.92 Å². The molecule has 0 saturated carbocycles. The van der Waals surface area contributed by atoms with Gasteiger partial charge in [-0.3, -0.25) is 9.59 Å². The maximum atomic E-state index is 12.6. The van der Waals surface area contributed by atoms with Gasteiger partial charge in [0.25, 0.3) is 5.91 Å². The van der Waals surface area contributed by atoms with E-state index in [2.05, 4.69) is 10.6 Å². The van der Waals surface area contributed by atoms with Gasteiger partial charge in [0.2, 0.25) is 5.91 Å². The number of nitrogens with one attached hydrogen (secondary N) is 2. The van der Waals surface area contributed by atoms with E-state index < -0.39 is 11.9 Å². The van der Waals surface area contributed by atoms with Crippen LogP contribution in [0.4, 0.5) is 11.4 Å². The fourth-order valence-corrected chi connectivity index (χ4v) is 3.84. The highest BCUT2D eigenvalue weighted by atomic mass is 32.2. The molecule has 3 rings (SSSR count). The average molecular weight is 435 g/mol. The molecule has 0 aromatic heterocycles. The Bertz CT molecular complexity index is 1130. The summed E-state index contributed by atoms with van der Waals surface area (Å²) in [6.07, 6.45) is 0. The van der Waals surface area contributed by atoms with Crippen LogP contribution in [-0.4, -0.2) is 28.1 Å². The molecule has 0 aliphatic carbocycles. The number of hydrogen-bond acceptors (Lipinski definition) is 4. The molecule has 0 radical (unpaired) electrons. The number of carboxylic acids is 1. The van der Waals surface area contributed by atoms with Gasteiger partial charge in [0.1, 0.15) is 0 Å². The molecule has 0 aliphatic heterocycles. The number of aryl methyl sites for hydroxylation is 1. The minimum atomic E-state index is -1.16. The monoisotopic (exact) mass is 434 g/mol. The predicted octanol–water partition coefficient (Wildman–Crippen LogP) is 5.06. The summed E-state index contributed by atoms with van der Waals surface area (Å²) in [7, 11) is 0. The summed E-state index contributed by atoms with van der Waals surface area (Å²) in [4.78, 5) is 37.3. The molecule has 3 N–H and O–H groups in total. The molecule has 3 aromatic carbocycles. The number of anilines is 2. The highest BCUT2D eigenvalue weighted by molar-refractivity contribution is 8.00. The summed E-state index contributed by atoms with van der Waals surface area (Å²) >= 11 is 1.36. The number of aromatic carboxylic acids is 1. The summed E-state index contributed by atoms with van der Waals surface area (Å²) in [5.74, 6) is -1.79. The van der Waals surface area contributed by atoms with E-state index in [1.165, 1.54) is 23.9 Å². The summed E-state index contributed by atoms with van der Waals surface area (Å²) < 4.78 is 0. The molecule has 7 heteroatoms. The number of rotatable bonds is 7. The molecule has 0 aliphatic rings. The van der Waals surface area contributed by atoms with E-state index in [-0.39, 0.29) is 22.3 Å². The molecule has 1 atom stereocenters. The average Bonchev–Trinajstić information content (AvgIpc) is 2.75. The lowest BCUT2D eigenvalue weighted by Gasteiger charge is -2.14. The molecule has 6 nitrogen and oxygen atoms in total. The zero-order chi connectivity index (χ0) is 22.4. The van der Waals surface area contributed by atoms with Gasteiger partial charge < -0.3 is 15.7 Å². The van der Waals surface area contributed by atoms with Gasteiger partial charge in [0.05, 0.1) is 16.4 Å². The molecule has 1 unspecified atom stereocenters. The number of thioether (sulfide) groups is 1. The lowest BCUT2D eigenvalue weighted by Crippen LogP contribution is -2.22. The molecular weight excluding hydrogens is 412 g/mol. The number of para-hydroxylation sites is 1. The molecule has 2 amide bonds. The number of benzene rings is 3. The fourth-order valence-electron chi connectivity index (χ4n) is 2.92. The van der Waals surface area contributed by atoms with E-state index in [9.17, 15) is 19.5 Å². The van der Waals surface area contributed by atoms with Crippen LogP contribution in [0.1, 0.15) is 33.2 Å². The van der Waals surface area contributed by atoms with Crippen LogP contribution < -0.4 is 10.6 Å². The molecule has 158 valence electrons. The molecule has 31 heavy (non-hydrogen) atoms. The maximum Gasteiger partial charge on any atom is 0.336 e. The van der Waals surface area contributed by atoms with E-state index in [1.54, 1.807) is 30.3 Å². The Balaban J connectivity index is 1.68. The summed E-state index contributed by atoms with van der Waals surface area (Å²) in [6, 6.07) is 20.7. The third-order valence-corrected chi connectivity index (χ3v) is 5.67. The lowest BCUT2D eigenvalue weighted by molar-refractivity contribution is -0.115. The Morgan fingerprint density at radius 1 is 0.871 bits per heavy atom. The van der Waals surface area contributed by atoms with Gasteiger partial charge in [0.15, 0.2) is 0 Å². The van der Waals surface area contributed by atoms with Crippen molar-refractivity contribution in [3.63, 3.8) is 0 Å². The van der Waals surface area contributed by atoms with Gasteiger partial charge in [-0.1, -0.05) is 36.4 Å². The SMILES string of the molecule is Cc1ccccc1NC(=O)C(C)Sc1cccc(NC(=O)c2ccccc2C(=O)O)c1. The standard InChI is InChI=1S/C24H22N2O4S/c1-15-8-3-6-13-21(15)26-22(27)16(2)31-18-10-7-9-17(14-18)25-23(28)19-11-4-5-12-20(19)24(29)30/h3-14,16H,1-2H3,(H,25,28)(H,26,27)(H,29,30). The lowest BCUT2D eigenvalue weighted by atomic mass is 10.1. The minimum Gasteiger partial charge on any atom is -0.478 e. The molecule has 3 aromatic rings. The first-order valence-electron chi connectivity index (χ1n) is 9.62. The molecule has 0 spiro atoms. The number of carboxylic acid groups (broad SMARTS) is 1. The normalized spacial score (nSPS) is 11.4. The topological polar surface area (TPSA) is 95.5 Å². The fraction of sp³-hybridized carbons (Fsp3) is 0.125. The van der Waals surface area contributed by atoms with Gasteiger partial charge in [-0.2, -0.15) is 0 Å². The second-order valence-electron chi connectivity index (χ2n) is 6.90. The Kier molecular flexibility index (Phi) is 7.10. The summed E-state index contributed by atoms with van der Waals surface area (Å²) in [5, 5.41) is 14.6. The number of amides is 2. The second kappa shape index (κ2) is 9.95. The first-order chi connectivity index (χ1) is 14.8. The van der Waals surface area contributed by atoms with Crippen LogP contribution in [0.15, 0.2) is 77.7 Å². The van der Waals surface area contributed by atoms with Crippen molar-refractivity contribution in [1.82, 2.24) is 0 Å². The Hall–Kier alpha value is -3.58. The number of carbonyl (C=O) groups excluding carboxylic acids is 2. The summed E-state index contributed by atoms with van der Waals surface area (Å²) in [5.41, 5.74) is 2.30.